The van der Waals surface area contributed by atoms with E-state index in [1.54, 1.807) is 17.7 Å². The highest BCUT2D eigenvalue weighted by atomic mass is 32.1. The number of rotatable bonds is 6. The van der Waals surface area contributed by atoms with E-state index in [9.17, 15) is 4.79 Å². The zero-order valence-corrected chi connectivity index (χ0v) is 19.6. The Morgan fingerprint density at radius 1 is 1.09 bits per heavy atom. The topological polar surface area (TPSA) is 70.1 Å². The first kappa shape index (κ1) is 21.3. The van der Waals surface area contributed by atoms with Crippen LogP contribution in [0, 0.1) is 0 Å². The van der Waals surface area contributed by atoms with Gasteiger partial charge >= 0.3 is 0 Å². The van der Waals surface area contributed by atoms with Gasteiger partial charge in [0.2, 0.25) is 5.91 Å². The Hall–Kier alpha value is -2.51. The number of carbonyl (C=O) groups is 1. The van der Waals surface area contributed by atoms with Crippen LogP contribution in [-0.2, 0) is 17.8 Å². The minimum Gasteiger partial charge on any atom is -0.367 e. The number of benzene rings is 1. The molecule has 2 aliphatic carbocycles. The monoisotopic (exact) mass is 449 g/mol. The third-order valence-corrected chi connectivity index (χ3v) is 8.18. The Morgan fingerprint density at radius 2 is 1.88 bits per heavy atom. The quantitative estimate of drug-likeness (QED) is 0.586. The van der Waals surface area contributed by atoms with E-state index in [0.29, 0.717) is 18.6 Å². The van der Waals surface area contributed by atoms with Crippen LogP contribution in [0.2, 0.25) is 0 Å². The summed E-state index contributed by atoms with van der Waals surface area (Å²) in [7, 11) is 4.34. The number of aromatic nitrogens is 2. The average Bonchev–Trinajstić information content (AvgIpc) is 3.38. The van der Waals surface area contributed by atoms with Gasteiger partial charge in [-0.2, -0.15) is 0 Å². The van der Waals surface area contributed by atoms with Crippen molar-refractivity contribution in [2.45, 2.75) is 63.1 Å². The van der Waals surface area contributed by atoms with Gasteiger partial charge in [-0.1, -0.05) is 30.3 Å². The zero-order valence-electron chi connectivity index (χ0n) is 18.8. The first-order chi connectivity index (χ1) is 15.6. The molecule has 0 saturated heterocycles. The standard InChI is InChI=1S/C25H31N5OS/c1-30(2)18-10-8-17(9-11-18)29-23-22-21-19(12-13-20(21)32-25(22)28-15-27-23)24(31)26-14-16-6-4-3-5-7-16/h3-7,15,17-19H,8-14H2,1-2H3,(H,26,31)(H,27,28,29)/t17-,18-,19?. The molecular weight excluding hydrogens is 418 g/mol. The van der Waals surface area contributed by atoms with Crippen LogP contribution in [0.25, 0.3) is 10.2 Å². The molecular formula is C25H31N5OS. The van der Waals surface area contributed by atoms with Crippen molar-refractivity contribution in [3.8, 4) is 0 Å². The van der Waals surface area contributed by atoms with Crippen molar-refractivity contribution in [2.75, 3.05) is 19.4 Å². The summed E-state index contributed by atoms with van der Waals surface area (Å²) < 4.78 is 0. The predicted octanol–water partition coefficient (Wildman–Crippen LogP) is 4.32. The fraction of sp³-hybridized carbons (Fsp3) is 0.480. The van der Waals surface area contributed by atoms with E-state index >= 15 is 0 Å². The summed E-state index contributed by atoms with van der Waals surface area (Å²) >= 11 is 1.72. The molecule has 1 amide bonds. The van der Waals surface area contributed by atoms with E-state index in [-0.39, 0.29) is 11.8 Å². The Kier molecular flexibility index (Phi) is 6.11. The minimum atomic E-state index is -0.126. The second-order valence-electron chi connectivity index (χ2n) is 9.25. The highest BCUT2D eigenvalue weighted by molar-refractivity contribution is 7.19. The van der Waals surface area contributed by atoms with Gasteiger partial charge in [0.15, 0.2) is 0 Å². The molecule has 0 bridgehead atoms. The number of carbonyl (C=O) groups excluding carboxylic acids is 1. The Labute approximate surface area is 193 Å². The lowest BCUT2D eigenvalue weighted by atomic mass is 9.90. The minimum absolute atomic E-state index is 0.105. The van der Waals surface area contributed by atoms with E-state index < -0.39 is 0 Å². The molecule has 0 spiro atoms. The number of thiophene rings is 1. The molecule has 6 nitrogen and oxygen atoms in total. The number of hydrogen-bond acceptors (Lipinski definition) is 6. The fourth-order valence-electron chi connectivity index (χ4n) is 5.18. The maximum Gasteiger partial charge on any atom is 0.227 e. The molecule has 2 heterocycles. The Bertz CT molecular complexity index is 1090. The number of fused-ring (bicyclic) bond motifs is 3. The third-order valence-electron chi connectivity index (χ3n) is 7.00. The first-order valence-electron chi connectivity index (χ1n) is 11.6. The van der Waals surface area contributed by atoms with Crippen molar-refractivity contribution in [3.05, 3.63) is 52.7 Å². The van der Waals surface area contributed by atoms with Crippen LogP contribution < -0.4 is 10.6 Å². The van der Waals surface area contributed by atoms with E-state index in [1.165, 1.54) is 17.7 Å². The van der Waals surface area contributed by atoms with Crippen molar-refractivity contribution >= 4 is 33.3 Å². The fourth-order valence-corrected chi connectivity index (χ4v) is 6.40. The third kappa shape index (κ3) is 4.24. The van der Waals surface area contributed by atoms with Crippen molar-refractivity contribution < 1.29 is 4.79 Å². The second-order valence-corrected chi connectivity index (χ2v) is 10.3. The molecule has 2 N–H and O–H groups in total. The van der Waals surface area contributed by atoms with Gasteiger partial charge in [-0.05, 0) is 63.7 Å². The summed E-state index contributed by atoms with van der Waals surface area (Å²) in [6.07, 6.45) is 8.14. The van der Waals surface area contributed by atoms with Crippen molar-refractivity contribution in [1.82, 2.24) is 20.2 Å². The largest absolute Gasteiger partial charge is 0.367 e. The summed E-state index contributed by atoms with van der Waals surface area (Å²) in [5.74, 6) is 0.885. The zero-order chi connectivity index (χ0) is 22.1. The van der Waals surface area contributed by atoms with Crippen molar-refractivity contribution in [3.63, 3.8) is 0 Å². The number of aryl methyl sites for hydroxylation is 1. The van der Waals surface area contributed by atoms with Gasteiger partial charge < -0.3 is 15.5 Å². The molecule has 1 atom stereocenters. The van der Waals surface area contributed by atoms with E-state index in [2.05, 4.69) is 39.6 Å². The molecule has 32 heavy (non-hydrogen) atoms. The lowest BCUT2D eigenvalue weighted by Crippen LogP contribution is -2.36. The summed E-state index contributed by atoms with van der Waals surface area (Å²) in [5.41, 5.74) is 2.27. The summed E-state index contributed by atoms with van der Waals surface area (Å²) in [6.45, 7) is 0.560. The predicted molar refractivity (Wildman–Crippen MR) is 130 cm³/mol. The summed E-state index contributed by atoms with van der Waals surface area (Å²) in [5, 5.41) is 7.94. The normalized spacial score (nSPS) is 22.8. The van der Waals surface area contributed by atoms with Crippen molar-refractivity contribution in [1.29, 1.82) is 0 Å². The highest BCUT2D eigenvalue weighted by Crippen LogP contribution is 2.45. The molecule has 1 saturated carbocycles. The average molecular weight is 450 g/mol. The number of hydrogen-bond donors (Lipinski definition) is 2. The first-order valence-corrected chi connectivity index (χ1v) is 12.4. The van der Waals surface area contributed by atoms with Gasteiger partial charge in [0.25, 0.3) is 0 Å². The molecule has 7 heteroatoms. The van der Waals surface area contributed by atoms with E-state index in [1.807, 2.05) is 30.3 Å². The number of nitrogens with one attached hydrogen (secondary N) is 2. The van der Waals surface area contributed by atoms with E-state index in [4.69, 9.17) is 0 Å². The molecule has 2 aliphatic rings. The Balaban J connectivity index is 1.35. The summed E-state index contributed by atoms with van der Waals surface area (Å²) in [6, 6.07) is 11.2. The summed E-state index contributed by atoms with van der Waals surface area (Å²) in [4.78, 5) is 27.0. The molecule has 3 aromatic rings. The molecule has 5 rings (SSSR count). The maximum atomic E-state index is 13.2. The smallest absolute Gasteiger partial charge is 0.227 e. The molecule has 1 aromatic carbocycles. The molecule has 168 valence electrons. The highest BCUT2D eigenvalue weighted by Gasteiger charge is 2.34. The molecule has 1 unspecified atom stereocenters. The van der Waals surface area contributed by atoms with Gasteiger partial charge in [0.1, 0.15) is 17.0 Å². The van der Waals surface area contributed by atoms with Crippen LogP contribution in [0.1, 0.15) is 54.0 Å². The lowest BCUT2D eigenvalue weighted by molar-refractivity contribution is -0.122. The molecule has 2 aromatic heterocycles. The van der Waals surface area contributed by atoms with Crippen LogP contribution in [0.3, 0.4) is 0 Å². The SMILES string of the molecule is CN(C)[C@H]1CC[C@H](Nc2ncnc3sc4c(c23)C(C(=O)NCc2ccccc2)CC4)CC1. The number of nitrogens with zero attached hydrogens (tertiary/aromatic N) is 3. The molecule has 0 aliphatic heterocycles. The van der Waals surface area contributed by atoms with E-state index in [0.717, 1.165) is 52.8 Å². The Morgan fingerprint density at radius 3 is 2.62 bits per heavy atom. The van der Waals surface area contributed by atoms with Crippen LogP contribution >= 0.6 is 11.3 Å². The number of amides is 1. The van der Waals surface area contributed by atoms with Crippen LogP contribution in [0.15, 0.2) is 36.7 Å². The van der Waals surface area contributed by atoms with Crippen molar-refractivity contribution in [2.24, 2.45) is 0 Å². The second kappa shape index (κ2) is 9.16. The van der Waals surface area contributed by atoms with Gasteiger partial charge in [-0.3, -0.25) is 4.79 Å². The van der Waals surface area contributed by atoms with Gasteiger partial charge in [0.05, 0.1) is 11.3 Å². The van der Waals surface area contributed by atoms with Gasteiger partial charge in [-0.25, -0.2) is 9.97 Å². The molecule has 0 radical (unpaired) electrons. The lowest BCUT2D eigenvalue weighted by Gasteiger charge is -2.33. The molecule has 1 fully saturated rings. The van der Waals surface area contributed by atoms with Gasteiger partial charge in [-0.15, -0.1) is 11.3 Å². The number of anilines is 1. The van der Waals surface area contributed by atoms with Crippen LogP contribution in [0.4, 0.5) is 5.82 Å². The van der Waals surface area contributed by atoms with Crippen LogP contribution in [0.5, 0.6) is 0 Å². The maximum absolute atomic E-state index is 13.2. The van der Waals surface area contributed by atoms with Crippen LogP contribution in [-0.4, -0.2) is 47.0 Å². The van der Waals surface area contributed by atoms with Gasteiger partial charge in [0, 0.05) is 23.5 Å².